The van der Waals surface area contributed by atoms with Gasteiger partial charge >= 0.3 is 0 Å². The van der Waals surface area contributed by atoms with Gasteiger partial charge in [-0.3, -0.25) is 18.2 Å². The van der Waals surface area contributed by atoms with E-state index in [1.807, 2.05) is 0 Å². The summed E-state index contributed by atoms with van der Waals surface area (Å²) < 4.78 is 137. The van der Waals surface area contributed by atoms with E-state index < -0.39 is 60.1 Å². The van der Waals surface area contributed by atoms with Crippen LogP contribution in [0.4, 0.5) is 52.0 Å². The zero-order chi connectivity index (χ0) is 52.3. The summed E-state index contributed by atoms with van der Waals surface area (Å²) in [5.41, 5.74) is 2.39. The van der Waals surface area contributed by atoms with Crippen LogP contribution in [-0.4, -0.2) is 118 Å². The van der Waals surface area contributed by atoms with Crippen LogP contribution in [0.3, 0.4) is 0 Å². The van der Waals surface area contributed by atoms with Crippen LogP contribution in [0.15, 0.2) is 137 Å². The normalized spacial score (nSPS) is 12.6. The van der Waals surface area contributed by atoms with Crippen molar-refractivity contribution < 1.29 is 61.5 Å². The van der Waals surface area contributed by atoms with Gasteiger partial charge in [-0.2, -0.15) is 69.1 Å². The van der Waals surface area contributed by atoms with E-state index in [9.17, 15) is 57.0 Å². The first-order valence-electron chi connectivity index (χ1n) is 20.5. The van der Waals surface area contributed by atoms with E-state index in [0.717, 1.165) is 28.7 Å². The van der Waals surface area contributed by atoms with Crippen LogP contribution in [0.1, 0.15) is 11.1 Å². The van der Waals surface area contributed by atoms with Crippen LogP contribution >= 0.6 is 0 Å². The lowest BCUT2D eigenvalue weighted by atomic mass is 10.1. The number of aliphatic hydroxyl groups is 1. The van der Waals surface area contributed by atoms with Crippen LogP contribution in [0.5, 0.6) is 0 Å². The molecule has 1 heterocycles. The van der Waals surface area contributed by atoms with Crippen LogP contribution in [0.25, 0.3) is 21.5 Å². The highest BCUT2D eigenvalue weighted by atomic mass is 32.2. The van der Waals surface area contributed by atoms with Gasteiger partial charge in [0, 0.05) is 39.5 Å². The molecule has 0 saturated heterocycles. The molecule has 7 rings (SSSR count). The number of hydrogen-bond acceptors (Lipinski definition) is 19. The van der Waals surface area contributed by atoms with E-state index in [-0.39, 0.29) is 63.9 Å². The standard InChI is InChI=1S/C39H34N10O13S4.C4H12N/c1-21-15-23(9-11-31(21)48-46-25-17-29-27(35(19-25)65(57,58)59)5-3-7-33(29)63(51,52)53)41-38-43-37(40-13-14-50)44-39(45-38)42-24-10-12-32(22(2)16-24)49-47-26-18-30-28(36(20-26)66(60,61)62)6-4-8-34(30)64(54,55)56;1-5(2,3)4/h3-12,15-20,50H,13-14H2,1-2H3,(H,51,52,53)(H,54,55,56)(H,57,58,59)(H,60,61,62)(H3,40,41,42,43,44,45);1-4H3/q;+1. The third-order valence-corrected chi connectivity index (χ3v) is 13.0. The van der Waals surface area contributed by atoms with Gasteiger partial charge in [-0.25, -0.2) is 0 Å². The van der Waals surface area contributed by atoms with E-state index in [0.29, 0.717) is 33.9 Å². The molecular weight excluding hydrogens is 1010 g/mol. The number of fused-ring (bicyclic) bond motifs is 2. The summed E-state index contributed by atoms with van der Waals surface area (Å²) in [6.45, 7) is 3.25. The number of hydrogen-bond donors (Lipinski definition) is 8. The van der Waals surface area contributed by atoms with Crippen LogP contribution in [0.2, 0.25) is 0 Å². The number of aromatic nitrogens is 3. The number of nitrogens with one attached hydrogen (secondary N) is 3. The SMILES string of the molecule is C[N+](C)(C)C.Cc1cc(Nc2nc(NCCO)nc(Nc3ccc(N=Nc4cc(S(=O)(=O)O)c5cccc(S(=O)(=O)O)c5c4)c(C)c3)n2)ccc1N=Nc1cc(S(=O)(=O)O)c2cccc(S(=O)(=O)O)c2c1. The lowest BCUT2D eigenvalue weighted by Gasteiger charge is -2.14. The van der Waals surface area contributed by atoms with Crippen molar-refractivity contribution in [2.75, 3.05) is 57.3 Å². The van der Waals surface area contributed by atoms with Crippen molar-refractivity contribution >= 4 is 114 Å². The maximum atomic E-state index is 12.2. The second kappa shape index (κ2) is 20.8. The number of nitrogens with zero attached hydrogens (tertiary/aromatic N) is 8. The lowest BCUT2D eigenvalue weighted by molar-refractivity contribution is -0.849. The summed E-state index contributed by atoms with van der Waals surface area (Å²) >= 11 is 0. The lowest BCUT2D eigenvalue weighted by Crippen LogP contribution is -2.27. The molecule has 374 valence electrons. The number of rotatable bonds is 15. The molecule has 0 aliphatic rings. The van der Waals surface area contributed by atoms with Crippen molar-refractivity contribution in [3.8, 4) is 0 Å². The number of anilines is 5. The number of quaternary nitrogens is 1. The first-order valence-corrected chi connectivity index (χ1v) is 26.3. The van der Waals surface area contributed by atoms with E-state index in [1.54, 1.807) is 50.2 Å². The Balaban J connectivity index is 0.00000157. The van der Waals surface area contributed by atoms with Crippen molar-refractivity contribution in [1.29, 1.82) is 0 Å². The first kappa shape index (κ1) is 53.4. The largest absolute Gasteiger partial charge is 0.395 e. The third kappa shape index (κ3) is 14.1. The third-order valence-electron chi connectivity index (χ3n) is 9.40. The zero-order valence-corrected chi connectivity index (χ0v) is 41.6. The highest BCUT2D eigenvalue weighted by molar-refractivity contribution is 7.87. The Morgan fingerprint density at radius 2 is 0.845 bits per heavy atom. The second-order valence-corrected chi connectivity index (χ2v) is 22.3. The molecule has 0 aliphatic heterocycles. The molecule has 0 unspecified atom stereocenters. The summed E-state index contributed by atoms with van der Waals surface area (Å²) in [6, 6.07) is 21.1. The van der Waals surface area contributed by atoms with Crippen molar-refractivity contribution in [1.82, 2.24) is 15.0 Å². The smallest absolute Gasteiger partial charge is 0.295 e. The molecule has 0 bridgehead atoms. The van der Waals surface area contributed by atoms with Gasteiger partial charge in [0.1, 0.15) is 19.6 Å². The Bertz CT molecular complexity index is 3500. The van der Waals surface area contributed by atoms with Gasteiger partial charge in [-0.15, -0.1) is 0 Å². The first-order chi connectivity index (χ1) is 33.0. The van der Waals surface area contributed by atoms with Gasteiger partial charge in [0.05, 0.1) is 57.5 Å². The molecular formula is C43H46N11O13S4+. The summed E-state index contributed by atoms with van der Waals surface area (Å²) in [5.74, 6) is 0.204. The Labute approximate surface area is 407 Å². The van der Waals surface area contributed by atoms with Crippen molar-refractivity contribution in [2.24, 2.45) is 20.5 Å². The topological polar surface area (TPSA) is 362 Å². The van der Waals surface area contributed by atoms with Gasteiger partial charge in [-0.05, 0) is 97.8 Å². The average molecular weight is 1050 g/mol. The van der Waals surface area contributed by atoms with Gasteiger partial charge in [0.2, 0.25) is 17.8 Å². The van der Waals surface area contributed by atoms with E-state index in [2.05, 4.69) is 79.5 Å². The van der Waals surface area contributed by atoms with Crippen molar-refractivity contribution in [2.45, 2.75) is 33.4 Å². The van der Waals surface area contributed by atoms with Gasteiger partial charge in [-0.1, -0.05) is 24.3 Å². The molecule has 7 aromatic rings. The molecule has 71 heavy (non-hydrogen) atoms. The number of aliphatic hydroxyl groups excluding tert-OH is 1. The van der Waals surface area contributed by atoms with Crippen molar-refractivity contribution in [3.05, 3.63) is 108 Å². The second-order valence-electron chi connectivity index (χ2n) is 16.8. The molecule has 0 radical (unpaired) electrons. The molecule has 8 N–H and O–H groups in total. The molecule has 1 aromatic heterocycles. The van der Waals surface area contributed by atoms with E-state index in [1.165, 1.54) is 36.4 Å². The molecule has 0 aliphatic carbocycles. The maximum Gasteiger partial charge on any atom is 0.295 e. The van der Waals surface area contributed by atoms with E-state index >= 15 is 0 Å². The van der Waals surface area contributed by atoms with Crippen LogP contribution in [0, 0.1) is 13.8 Å². The zero-order valence-electron chi connectivity index (χ0n) is 38.4. The molecule has 0 fully saturated rings. The van der Waals surface area contributed by atoms with Crippen LogP contribution in [-0.2, 0) is 40.5 Å². The fourth-order valence-electron chi connectivity index (χ4n) is 6.52. The summed E-state index contributed by atoms with van der Waals surface area (Å²) in [4.78, 5) is 10.7. The van der Waals surface area contributed by atoms with Gasteiger partial charge < -0.3 is 25.5 Å². The van der Waals surface area contributed by atoms with Gasteiger partial charge in [0.25, 0.3) is 40.5 Å². The number of azo groups is 2. The number of benzene rings is 6. The molecule has 24 nitrogen and oxygen atoms in total. The highest BCUT2D eigenvalue weighted by Crippen LogP contribution is 2.36. The van der Waals surface area contributed by atoms with Crippen LogP contribution < -0.4 is 16.0 Å². The summed E-state index contributed by atoms with van der Waals surface area (Å²) in [6.07, 6.45) is 0. The molecule has 0 spiro atoms. The molecule has 6 aromatic carbocycles. The molecule has 0 atom stereocenters. The minimum atomic E-state index is -4.87. The fraction of sp³-hybridized carbons (Fsp3) is 0.186. The Hall–Kier alpha value is -6.99. The Morgan fingerprint density at radius 1 is 0.479 bits per heavy atom. The molecule has 0 saturated carbocycles. The highest BCUT2D eigenvalue weighted by Gasteiger charge is 2.23. The number of aryl methyl sites for hydroxylation is 2. The minimum absolute atomic E-state index is 0.0595. The quantitative estimate of drug-likeness (QED) is 0.0275. The summed E-state index contributed by atoms with van der Waals surface area (Å²) in [7, 11) is -10.8. The van der Waals surface area contributed by atoms with E-state index in [4.69, 9.17) is 0 Å². The maximum absolute atomic E-state index is 12.2. The molecule has 28 heteroatoms. The Morgan fingerprint density at radius 3 is 1.18 bits per heavy atom. The predicted octanol–water partition coefficient (Wildman–Crippen LogP) is 7.83. The fourth-order valence-corrected chi connectivity index (χ4v) is 9.36. The molecule has 0 amide bonds. The predicted molar refractivity (Wildman–Crippen MR) is 264 cm³/mol. The monoisotopic (exact) mass is 1050 g/mol. The van der Waals surface area contributed by atoms with Gasteiger partial charge in [0.15, 0.2) is 0 Å². The summed E-state index contributed by atoms with van der Waals surface area (Å²) in [5, 5.41) is 34.2. The Kier molecular flexibility index (Phi) is 15.6. The van der Waals surface area contributed by atoms with Crippen molar-refractivity contribution in [3.63, 3.8) is 0 Å². The minimum Gasteiger partial charge on any atom is -0.395 e. The average Bonchev–Trinajstić information content (AvgIpc) is 3.25.